The van der Waals surface area contributed by atoms with E-state index in [2.05, 4.69) is 11.4 Å². The number of benzene rings is 4. The first-order chi connectivity index (χ1) is 22.5. The number of hydrogen-bond acceptors (Lipinski definition) is 7. The Balaban J connectivity index is 1.42. The highest BCUT2D eigenvalue weighted by Crippen LogP contribution is 2.32. The summed E-state index contributed by atoms with van der Waals surface area (Å²) in [7, 11) is 0. The van der Waals surface area contributed by atoms with Crippen molar-refractivity contribution in [2.24, 2.45) is 4.99 Å². The molecule has 1 aromatic heterocycles. The highest BCUT2D eigenvalue weighted by Gasteiger charge is 2.32. The number of nitrogens with zero attached hydrogens (tertiary/aromatic N) is 3. The fourth-order valence-corrected chi connectivity index (χ4v) is 6.38. The summed E-state index contributed by atoms with van der Waals surface area (Å²) in [6, 6.07) is 32.8. The lowest BCUT2D eigenvalue weighted by atomic mass is 9.95. The van der Waals surface area contributed by atoms with E-state index in [0.29, 0.717) is 55.5 Å². The predicted octanol–water partition coefficient (Wildman–Crippen LogP) is 5.72. The Morgan fingerprint density at radius 1 is 0.978 bits per heavy atom. The molecular weight excluding hydrogens is 596 g/mol. The summed E-state index contributed by atoms with van der Waals surface area (Å²) >= 11 is 1.26. The smallest absolute Gasteiger partial charge is 0.271 e. The van der Waals surface area contributed by atoms with Crippen molar-refractivity contribution in [3.05, 3.63) is 156 Å². The number of aromatic nitrogens is 1. The minimum Gasteiger partial charge on any atom is -0.494 e. The third kappa shape index (κ3) is 6.25. The van der Waals surface area contributed by atoms with Gasteiger partial charge in [0.2, 0.25) is 0 Å². The zero-order valence-electron chi connectivity index (χ0n) is 25.3. The summed E-state index contributed by atoms with van der Waals surface area (Å²) in [5.41, 5.74) is 4.05. The van der Waals surface area contributed by atoms with Gasteiger partial charge in [0.1, 0.15) is 18.1 Å². The molecule has 2 heterocycles. The van der Waals surface area contributed by atoms with Crippen LogP contribution >= 0.6 is 11.3 Å². The molecule has 1 aliphatic rings. The number of anilines is 1. The molecule has 0 aliphatic carbocycles. The van der Waals surface area contributed by atoms with Crippen LogP contribution in [0.25, 0.3) is 6.08 Å². The number of rotatable bonds is 9. The van der Waals surface area contributed by atoms with Crippen molar-refractivity contribution >= 4 is 29.0 Å². The van der Waals surface area contributed by atoms with Crippen LogP contribution in [0.3, 0.4) is 0 Å². The fraction of sp³-hybridized carbons (Fsp3) is 0.135. The third-order valence-corrected chi connectivity index (χ3v) is 8.51. The monoisotopic (exact) mass is 626 g/mol. The Morgan fingerprint density at radius 3 is 2.46 bits per heavy atom. The van der Waals surface area contributed by atoms with E-state index >= 15 is 0 Å². The minimum absolute atomic E-state index is 0.201. The number of nitrogens with one attached hydrogen (secondary N) is 1. The second-order valence-corrected chi connectivity index (χ2v) is 11.5. The molecule has 1 aliphatic heterocycles. The molecule has 0 radical (unpaired) electrons. The molecule has 0 saturated carbocycles. The summed E-state index contributed by atoms with van der Waals surface area (Å²) in [5, 5.41) is 12.4. The highest BCUT2D eigenvalue weighted by atomic mass is 32.1. The highest BCUT2D eigenvalue weighted by molar-refractivity contribution is 7.07. The largest absolute Gasteiger partial charge is 0.494 e. The molecule has 1 N–H and O–H groups in total. The first kappa shape index (κ1) is 30.3. The number of thiazole rings is 1. The van der Waals surface area contributed by atoms with Crippen molar-refractivity contribution in [3.8, 4) is 17.6 Å². The Morgan fingerprint density at radius 2 is 1.70 bits per heavy atom. The average molecular weight is 627 g/mol. The summed E-state index contributed by atoms with van der Waals surface area (Å²) in [6.45, 7) is 4.43. The van der Waals surface area contributed by atoms with Gasteiger partial charge >= 0.3 is 0 Å². The first-order valence-corrected chi connectivity index (χ1v) is 15.6. The number of fused-ring (bicyclic) bond motifs is 1. The fourth-order valence-electron chi connectivity index (χ4n) is 5.34. The van der Waals surface area contributed by atoms with Crippen LogP contribution in [0, 0.1) is 11.3 Å². The van der Waals surface area contributed by atoms with Crippen molar-refractivity contribution in [1.29, 1.82) is 5.26 Å². The molecule has 46 heavy (non-hydrogen) atoms. The number of hydrogen-bond donors (Lipinski definition) is 1. The number of allylic oxidation sites excluding steroid dienone is 1. The normalized spacial score (nSPS) is 14.2. The first-order valence-electron chi connectivity index (χ1n) is 14.8. The summed E-state index contributed by atoms with van der Waals surface area (Å²) in [5.74, 6) is 0.934. The van der Waals surface area contributed by atoms with Crippen LogP contribution in [0.1, 0.15) is 42.1 Å². The van der Waals surface area contributed by atoms with Crippen molar-refractivity contribution < 1.29 is 14.3 Å². The van der Waals surface area contributed by atoms with Crippen LogP contribution in [0.2, 0.25) is 0 Å². The Bertz CT molecular complexity index is 2160. The molecule has 0 fully saturated rings. The number of carbonyl (C=O) groups is 1. The number of amides is 1. The molecule has 5 aromatic rings. The van der Waals surface area contributed by atoms with Gasteiger partial charge in [-0.05, 0) is 61.9 Å². The summed E-state index contributed by atoms with van der Waals surface area (Å²) in [6.07, 6.45) is 1.79. The molecule has 4 aromatic carbocycles. The van der Waals surface area contributed by atoms with Crippen molar-refractivity contribution in [1.82, 2.24) is 4.57 Å². The van der Waals surface area contributed by atoms with Crippen LogP contribution in [0.4, 0.5) is 5.69 Å². The van der Waals surface area contributed by atoms with E-state index in [9.17, 15) is 14.9 Å². The van der Waals surface area contributed by atoms with Gasteiger partial charge in [-0.3, -0.25) is 14.2 Å². The Labute approximate surface area is 269 Å². The van der Waals surface area contributed by atoms with E-state index < -0.39 is 6.04 Å². The van der Waals surface area contributed by atoms with Gasteiger partial charge in [0.05, 0.1) is 40.1 Å². The van der Waals surface area contributed by atoms with Gasteiger partial charge in [-0.15, -0.1) is 0 Å². The lowest BCUT2D eigenvalue weighted by molar-refractivity contribution is -0.113. The molecule has 0 saturated heterocycles. The van der Waals surface area contributed by atoms with E-state index in [1.807, 2.05) is 104 Å². The molecule has 0 spiro atoms. The van der Waals surface area contributed by atoms with Crippen molar-refractivity contribution in [2.45, 2.75) is 26.5 Å². The van der Waals surface area contributed by atoms with Crippen molar-refractivity contribution in [2.75, 3.05) is 11.9 Å². The van der Waals surface area contributed by atoms with E-state index in [1.165, 1.54) is 11.3 Å². The molecule has 0 bridgehead atoms. The van der Waals surface area contributed by atoms with Crippen molar-refractivity contribution in [3.63, 3.8) is 0 Å². The number of para-hydroxylation sites is 2. The maximum atomic E-state index is 14.2. The van der Waals surface area contributed by atoms with Gasteiger partial charge in [0.15, 0.2) is 4.80 Å². The SMILES string of the molecule is CCOc1ccc([C@@H]2C(C(=O)Nc3ccccc3)=C(C)N=c3s/c(=C\c4ccccc4OCc4ccccc4C#N)c(=O)n32)cc1. The van der Waals surface area contributed by atoms with E-state index in [-0.39, 0.29) is 18.1 Å². The van der Waals surface area contributed by atoms with Crippen LogP contribution in [-0.4, -0.2) is 17.1 Å². The number of nitriles is 1. The quantitative estimate of drug-likeness (QED) is 0.225. The predicted molar refractivity (Wildman–Crippen MR) is 178 cm³/mol. The van der Waals surface area contributed by atoms with Gasteiger partial charge in [0.25, 0.3) is 11.5 Å². The van der Waals surface area contributed by atoms with Gasteiger partial charge in [-0.1, -0.05) is 78.1 Å². The molecule has 6 rings (SSSR count). The summed E-state index contributed by atoms with van der Waals surface area (Å²) in [4.78, 5) is 33.3. The second-order valence-electron chi connectivity index (χ2n) is 10.5. The van der Waals surface area contributed by atoms with E-state index in [0.717, 1.165) is 11.1 Å². The number of ether oxygens (including phenoxy) is 2. The molecule has 1 amide bonds. The summed E-state index contributed by atoms with van der Waals surface area (Å²) < 4.78 is 13.8. The maximum absolute atomic E-state index is 14.2. The second kappa shape index (κ2) is 13.5. The minimum atomic E-state index is -0.716. The molecule has 8 nitrogen and oxygen atoms in total. The van der Waals surface area contributed by atoms with Crippen LogP contribution in [0.15, 0.2) is 124 Å². The molecule has 0 unspecified atom stereocenters. The third-order valence-electron chi connectivity index (χ3n) is 7.53. The average Bonchev–Trinajstić information content (AvgIpc) is 3.38. The van der Waals surface area contributed by atoms with E-state index in [4.69, 9.17) is 14.5 Å². The zero-order valence-corrected chi connectivity index (χ0v) is 26.1. The molecular formula is C37H30N4O4S. The van der Waals surface area contributed by atoms with Gasteiger partial charge < -0.3 is 14.8 Å². The lowest BCUT2D eigenvalue weighted by Gasteiger charge is -2.25. The van der Waals surface area contributed by atoms with Crippen LogP contribution in [-0.2, 0) is 11.4 Å². The van der Waals surface area contributed by atoms with Crippen LogP contribution in [0.5, 0.6) is 11.5 Å². The van der Waals surface area contributed by atoms with Gasteiger partial charge in [-0.2, -0.15) is 5.26 Å². The zero-order chi connectivity index (χ0) is 32.0. The molecule has 1 atom stereocenters. The molecule has 228 valence electrons. The standard InChI is InChI=1S/C37H30N4O4S/c1-3-44-30-19-17-25(18-20-30)34-33(35(42)40-29-14-5-4-6-15-29)24(2)39-37-41(34)36(43)32(46-37)21-26-11-9-10-16-31(26)45-23-28-13-8-7-12-27(28)22-38/h4-21,34H,3,23H2,1-2H3,(H,40,42)/b32-21-/t34-/m1/s1. The van der Waals surface area contributed by atoms with Gasteiger partial charge in [0, 0.05) is 16.8 Å². The Hall–Kier alpha value is -5.72. The van der Waals surface area contributed by atoms with Gasteiger partial charge in [-0.25, -0.2) is 4.99 Å². The van der Waals surface area contributed by atoms with E-state index in [1.54, 1.807) is 23.6 Å². The van der Waals surface area contributed by atoms with Crippen LogP contribution < -0.4 is 29.7 Å². The lowest BCUT2D eigenvalue weighted by Crippen LogP contribution is -2.40. The topological polar surface area (TPSA) is 106 Å². The number of carbonyl (C=O) groups excluding carboxylic acids is 1. The molecule has 9 heteroatoms. The maximum Gasteiger partial charge on any atom is 0.271 e. The Kier molecular flexibility index (Phi) is 8.90.